The number of nitrogens with zero attached hydrogens (tertiary/aromatic N) is 2. The van der Waals surface area contributed by atoms with Crippen LogP contribution in [-0.4, -0.2) is 30.6 Å². The highest BCUT2D eigenvalue weighted by molar-refractivity contribution is 5.87. The fourth-order valence-electron chi connectivity index (χ4n) is 3.51. The van der Waals surface area contributed by atoms with Crippen molar-refractivity contribution in [1.29, 1.82) is 0 Å². The standard InChI is InChI=1S/C15H22N2O3/c1-2-19-13(18)12-11-20-14(16-12)17-9-7-15(8-10-17)5-3-4-6-15/h11H,2-10H2,1H3. The summed E-state index contributed by atoms with van der Waals surface area (Å²) in [5.74, 6) is -0.410. The molecule has 0 N–H and O–H groups in total. The number of piperidine rings is 1. The van der Waals surface area contributed by atoms with E-state index in [-0.39, 0.29) is 5.69 Å². The van der Waals surface area contributed by atoms with E-state index < -0.39 is 5.97 Å². The van der Waals surface area contributed by atoms with E-state index >= 15 is 0 Å². The summed E-state index contributed by atoms with van der Waals surface area (Å²) in [6.45, 7) is 4.09. The van der Waals surface area contributed by atoms with Crippen molar-refractivity contribution in [3.05, 3.63) is 12.0 Å². The third-order valence-electron chi connectivity index (χ3n) is 4.74. The Morgan fingerprint density at radius 2 is 2.05 bits per heavy atom. The molecule has 0 amide bonds. The molecule has 2 heterocycles. The van der Waals surface area contributed by atoms with Crippen LogP contribution in [0.1, 0.15) is 55.9 Å². The first-order chi connectivity index (χ1) is 9.72. The summed E-state index contributed by atoms with van der Waals surface area (Å²) in [6, 6.07) is 0.556. The Bertz CT molecular complexity index is 467. The quantitative estimate of drug-likeness (QED) is 0.795. The van der Waals surface area contributed by atoms with Crippen molar-refractivity contribution in [3.8, 4) is 0 Å². The average Bonchev–Trinajstić information content (AvgIpc) is 3.10. The van der Waals surface area contributed by atoms with Crippen LogP contribution in [0.3, 0.4) is 0 Å². The molecule has 1 aromatic rings. The maximum Gasteiger partial charge on any atom is 0.360 e. The molecule has 2 fully saturated rings. The zero-order valence-corrected chi connectivity index (χ0v) is 12.1. The van der Waals surface area contributed by atoms with Gasteiger partial charge in [0.1, 0.15) is 6.26 Å². The third kappa shape index (κ3) is 2.53. The Morgan fingerprint density at radius 1 is 1.35 bits per heavy atom. The van der Waals surface area contributed by atoms with Gasteiger partial charge >= 0.3 is 5.97 Å². The van der Waals surface area contributed by atoms with Crippen LogP contribution in [-0.2, 0) is 4.74 Å². The van der Waals surface area contributed by atoms with Crippen LogP contribution in [0.2, 0.25) is 0 Å². The molecule has 1 aliphatic carbocycles. The van der Waals surface area contributed by atoms with Crippen LogP contribution in [0, 0.1) is 5.41 Å². The van der Waals surface area contributed by atoms with Gasteiger partial charge in [-0.05, 0) is 38.0 Å². The van der Waals surface area contributed by atoms with E-state index in [9.17, 15) is 4.79 Å². The maximum atomic E-state index is 11.6. The summed E-state index contributed by atoms with van der Waals surface area (Å²) in [6.07, 6.45) is 9.33. The summed E-state index contributed by atoms with van der Waals surface area (Å²) in [7, 11) is 0. The Kier molecular flexibility index (Phi) is 3.68. The highest BCUT2D eigenvalue weighted by atomic mass is 16.5. The van der Waals surface area contributed by atoms with Crippen LogP contribution in [0.4, 0.5) is 6.01 Å². The molecule has 1 saturated carbocycles. The van der Waals surface area contributed by atoms with Crippen molar-refractivity contribution in [2.45, 2.75) is 45.4 Å². The number of hydrogen-bond acceptors (Lipinski definition) is 5. The lowest BCUT2D eigenvalue weighted by Gasteiger charge is -2.38. The molecule has 110 valence electrons. The molecular formula is C15H22N2O3. The van der Waals surface area contributed by atoms with Crippen molar-refractivity contribution in [2.24, 2.45) is 5.41 Å². The normalized spacial score (nSPS) is 21.4. The van der Waals surface area contributed by atoms with Crippen molar-refractivity contribution >= 4 is 12.0 Å². The van der Waals surface area contributed by atoms with Gasteiger partial charge in [-0.15, -0.1) is 0 Å². The minimum absolute atomic E-state index is 0.267. The second-order valence-electron chi connectivity index (χ2n) is 5.93. The number of anilines is 1. The first kappa shape index (κ1) is 13.5. The number of aromatic nitrogens is 1. The monoisotopic (exact) mass is 278 g/mol. The lowest BCUT2D eigenvalue weighted by molar-refractivity contribution is 0.0519. The summed E-state index contributed by atoms with van der Waals surface area (Å²) in [5.41, 5.74) is 0.843. The molecule has 1 aromatic heterocycles. The fourth-order valence-corrected chi connectivity index (χ4v) is 3.51. The van der Waals surface area contributed by atoms with Gasteiger partial charge in [0.25, 0.3) is 6.01 Å². The molecule has 2 aliphatic rings. The van der Waals surface area contributed by atoms with E-state index in [1.807, 2.05) is 0 Å². The fraction of sp³-hybridized carbons (Fsp3) is 0.733. The van der Waals surface area contributed by atoms with Crippen molar-refractivity contribution < 1.29 is 13.9 Å². The minimum Gasteiger partial charge on any atom is -0.461 e. The Labute approximate surface area is 119 Å². The second kappa shape index (κ2) is 5.46. The molecule has 5 heteroatoms. The Morgan fingerprint density at radius 3 is 2.70 bits per heavy atom. The molecule has 20 heavy (non-hydrogen) atoms. The molecule has 0 unspecified atom stereocenters. The summed E-state index contributed by atoms with van der Waals surface area (Å²) < 4.78 is 10.4. The van der Waals surface area contributed by atoms with Gasteiger partial charge in [0, 0.05) is 13.1 Å². The van der Waals surface area contributed by atoms with Gasteiger partial charge in [-0.2, -0.15) is 4.98 Å². The minimum atomic E-state index is -0.410. The second-order valence-corrected chi connectivity index (χ2v) is 5.93. The molecule has 0 atom stereocenters. The zero-order valence-electron chi connectivity index (χ0n) is 12.1. The predicted octanol–water partition coefficient (Wildman–Crippen LogP) is 3.01. The van der Waals surface area contributed by atoms with Gasteiger partial charge in [-0.25, -0.2) is 4.79 Å². The lowest BCUT2D eigenvalue weighted by atomic mass is 9.77. The largest absolute Gasteiger partial charge is 0.461 e. The number of oxazole rings is 1. The van der Waals surface area contributed by atoms with E-state index in [0.29, 0.717) is 18.0 Å². The highest BCUT2D eigenvalue weighted by Crippen LogP contribution is 2.46. The molecule has 1 spiro atoms. The predicted molar refractivity (Wildman–Crippen MR) is 74.8 cm³/mol. The maximum absolute atomic E-state index is 11.6. The average molecular weight is 278 g/mol. The zero-order chi connectivity index (χ0) is 14.0. The van der Waals surface area contributed by atoms with Gasteiger partial charge in [0.15, 0.2) is 5.69 Å². The van der Waals surface area contributed by atoms with Gasteiger partial charge in [-0.1, -0.05) is 12.8 Å². The first-order valence-electron chi connectivity index (χ1n) is 7.60. The van der Waals surface area contributed by atoms with E-state index in [2.05, 4.69) is 9.88 Å². The molecule has 5 nitrogen and oxygen atoms in total. The SMILES string of the molecule is CCOC(=O)c1coc(N2CCC3(CCCC3)CC2)n1. The Hall–Kier alpha value is -1.52. The first-order valence-corrected chi connectivity index (χ1v) is 7.60. The van der Waals surface area contributed by atoms with Gasteiger partial charge in [-0.3, -0.25) is 0 Å². The molecular weight excluding hydrogens is 256 g/mol. The number of ether oxygens (including phenoxy) is 1. The van der Waals surface area contributed by atoms with E-state index in [1.54, 1.807) is 6.92 Å². The van der Waals surface area contributed by atoms with Crippen LogP contribution >= 0.6 is 0 Å². The van der Waals surface area contributed by atoms with Gasteiger partial charge in [0.2, 0.25) is 0 Å². The number of hydrogen-bond donors (Lipinski definition) is 0. The molecule has 0 bridgehead atoms. The molecule has 0 aromatic carbocycles. The van der Waals surface area contributed by atoms with E-state index in [1.165, 1.54) is 44.8 Å². The van der Waals surface area contributed by atoms with Crippen molar-refractivity contribution in [3.63, 3.8) is 0 Å². The smallest absolute Gasteiger partial charge is 0.360 e. The molecule has 3 rings (SSSR count). The lowest BCUT2D eigenvalue weighted by Crippen LogP contribution is -2.39. The summed E-state index contributed by atoms with van der Waals surface area (Å²) in [4.78, 5) is 18.0. The van der Waals surface area contributed by atoms with Gasteiger partial charge < -0.3 is 14.1 Å². The molecule has 1 saturated heterocycles. The molecule has 0 radical (unpaired) electrons. The topological polar surface area (TPSA) is 55.6 Å². The molecule has 1 aliphatic heterocycles. The van der Waals surface area contributed by atoms with Crippen LogP contribution in [0.25, 0.3) is 0 Å². The van der Waals surface area contributed by atoms with Crippen molar-refractivity contribution in [2.75, 3.05) is 24.6 Å². The summed E-state index contributed by atoms with van der Waals surface area (Å²) >= 11 is 0. The number of rotatable bonds is 3. The van der Waals surface area contributed by atoms with Crippen LogP contribution in [0.15, 0.2) is 10.7 Å². The third-order valence-corrected chi connectivity index (χ3v) is 4.74. The van der Waals surface area contributed by atoms with E-state index in [4.69, 9.17) is 9.15 Å². The highest BCUT2D eigenvalue weighted by Gasteiger charge is 2.37. The van der Waals surface area contributed by atoms with Crippen molar-refractivity contribution in [1.82, 2.24) is 4.98 Å². The number of esters is 1. The van der Waals surface area contributed by atoms with Crippen LogP contribution in [0.5, 0.6) is 0 Å². The van der Waals surface area contributed by atoms with Gasteiger partial charge in [0.05, 0.1) is 6.61 Å². The summed E-state index contributed by atoms with van der Waals surface area (Å²) in [5, 5.41) is 0. The van der Waals surface area contributed by atoms with E-state index in [0.717, 1.165) is 13.1 Å². The number of carbonyl (C=O) groups is 1. The number of carbonyl (C=O) groups excluding carboxylic acids is 1. The van der Waals surface area contributed by atoms with Crippen LogP contribution < -0.4 is 4.90 Å². The Balaban J connectivity index is 1.62.